The van der Waals surface area contributed by atoms with E-state index in [4.69, 9.17) is 0 Å². The second kappa shape index (κ2) is 6.79. The molecule has 0 aliphatic rings. The van der Waals surface area contributed by atoms with Crippen LogP contribution in [0, 0.1) is 0 Å². The highest BCUT2D eigenvalue weighted by molar-refractivity contribution is 5.64. The highest BCUT2D eigenvalue weighted by atomic mass is 15.1. The maximum absolute atomic E-state index is 4.26. The molecule has 1 heterocycles. The number of rotatable bonds is 5. The van der Waals surface area contributed by atoms with Gasteiger partial charge in [-0.2, -0.15) is 0 Å². The first-order chi connectivity index (χ1) is 11.2. The van der Waals surface area contributed by atoms with Crippen molar-refractivity contribution in [3.05, 3.63) is 67.0 Å². The third-order valence-corrected chi connectivity index (χ3v) is 3.37. The fourth-order valence-corrected chi connectivity index (χ4v) is 2.15. The number of anilines is 5. The molecule has 3 aromatic rings. The Labute approximate surface area is 136 Å². The van der Waals surface area contributed by atoms with E-state index in [0.29, 0.717) is 0 Å². The lowest BCUT2D eigenvalue weighted by molar-refractivity contribution is 1.13. The summed E-state index contributed by atoms with van der Waals surface area (Å²) in [6.45, 7) is 0. The molecule has 0 spiro atoms. The van der Waals surface area contributed by atoms with E-state index < -0.39 is 0 Å². The predicted molar refractivity (Wildman–Crippen MR) is 95.8 cm³/mol. The quantitative estimate of drug-likeness (QED) is 0.745. The van der Waals surface area contributed by atoms with Crippen molar-refractivity contribution < 1.29 is 0 Å². The molecular weight excluding hydrogens is 286 g/mol. The average Bonchev–Trinajstić information content (AvgIpc) is 2.57. The van der Waals surface area contributed by atoms with Crippen molar-refractivity contribution >= 4 is 28.7 Å². The minimum Gasteiger partial charge on any atom is -0.378 e. The number of para-hydroxylation sites is 1. The van der Waals surface area contributed by atoms with E-state index in [1.165, 1.54) is 0 Å². The van der Waals surface area contributed by atoms with Crippen LogP contribution in [0.15, 0.2) is 67.0 Å². The van der Waals surface area contributed by atoms with Gasteiger partial charge in [-0.1, -0.05) is 18.2 Å². The van der Waals surface area contributed by atoms with E-state index in [1.54, 1.807) is 6.33 Å². The van der Waals surface area contributed by atoms with Crippen LogP contribution in [0.5, 0.6) is 0 Å². The summed E-state index contributed by atoms with van der Waals surface area (Å²) in [5, 5.41) is 6.54. The van der Waals surface area contributed by atoms with Crippen LogP contribution in [0.1, 0.15) is 0 Å². The smallest absolute Gasteiger partial charge is 0.135 e. The molecule has 116 valence electrons. The summed E-state index contributed by atoms with van der Waals surface area (Å²) in [7, 11) is 4.04. The van der Waals surface area contributed by atoms with E-state index in [9.17, 15) is 0 Å². The van der Waals surface area contributed by atoms with Gasteiger partial charge in [0.15, 0.2) is 0 Å². The number of benzene rings is 2. The van der Waals surface area contributed by atoms with Crippen molar-refractivity contribution in [2.24, 2.45) is 0 Å². The molecule has 0 aliphatic heterocycles. The Morgan fingerprint density at radius 1 is 0.739 bits per heavy atom. The highest BCUT2D eigenvalue weighted by Gasteiger charge is 2.01. The van der Waals surface area contributed by atoms with Gasteiger partial charge in [-0.25, -0.2) is 9.97 Å². The summed E-state index contributed by atoms with van der Waals surface area (Å²) >= 11 is 0. The van der Waals surface area contributed by atoms with Crippen molar-refractivity contribution in [2.75, 3.05) is 29.6 Å². The van der Waals surface area contributed by atoms with Crippen LogP contribution in [0.4, 0.5) is 28.7 Å². The summed E-state index contributed by atoms with van der Waals surface area (Å²) in [5.41, 5.74) is 3.14. The molecule has 0 fully saturated rings. The number of hydrogen-bond donors (Lipinski definition) is 2. The van der Waals surface area contributed by atoms with Crippen molar-refractivity contribution in [3.8, 4) is 0 Å². The number of aromatic nitrogens is 2. The Hall–Kier alpha value is -3.08. The lowest BCUT2D eigenvalue weighted by Crippen LogP contribution is -2.08. The predicted octanol–water partition coefficient (Wildman–Crippen LogP) is 4.03. The zero-order valence-electron chi connectivity index (χ0n) is 13.2. The molecule has 3 rings (SSSR count). The van der Waals surface area contributed by atoms with Gasteiger partial charge in [-0.05, 0) is 36.4 Å². The minimum atomic E-state index is 0.746. The van der Waals surface area contributed by atoms with Gasteiger partial charge in [-0.15, -0.1) is 0 Å². The standard InChI is InChI=1S/C18H19N5/c1-23(2)16-10-8-15(9-11-16)22-18-12-17(19-13-20-18)21-14-6-4-3-5-7-14/h3-13H,1-2H3,(H2,19,20,21,22). The summed E-state index contributed by atoms with van der Waals surface area (Å²) < 4.78 is 0. The fourth-order valence-electron chi connectivity index (χ4n) is 2.15. The molecular formula is C18H19N5. The largest absolute Gasteiger partial charge is 0.378 e. The zero-order chi connectivity index (χ0) is 16.1. The molecule has 0 saturated carbocycles. The molecule has 0 bridgehead atoms. The van der Waals surface area contributed by atoms with Crippen LogP contribution in [0.3, 0.4) is 0 Å². The first-order valence-electron chi connectivity index (χ1n) is 7.39. The van der Waals surface area contributed by atoms with Crippen molar-refractivity contribution in [1.29, 1.82) is 0 Å². The number of nitrogens with zero attached hydrogens (tertiary/aromatic N) is 3. The molecule has 0 atom stereocenters. The lowest BCUT2D eigenvalue weighted by Gasteiger charge is -2.13. The van der Waals surface area contributed by atoms with Gasteiger partial charge in [-0.3, -0.25) is 0 Å². The Bertz CT molecular complexity index is 754. The molecule has 23 heavy (non-hydrogen) atoms. The number of hydrogen-bond acceptors (Lipinski definition) is 5. The maximum Gasteiger partial charge on any atom is 0.135 e. The molecule has 2 N–H and O–H groups in total. The molecule has 5 nitrogen and oxygen atoms in total. The van der Waals surface area contributed by atoms with Crippen LogP contribution in [-0.4, -0.2) is 24.1 Å². The Morgan fingerprint density at radius 3 is 1.87 bits per heavy atom. The van der Waals surface area contributed by atoms with Crippen molar-refractivity contribution in [1.82, 2.24) is 9.97 Å². The first kappa shape index (κ1) is 14.8. The Balaban J connectivity index is 1.72. The third kappa shape index (κ3) is 3.97. The third-order valence-electron chi connectivity index (χ3n) is 3.37. The van der Waals surface area contributed by atoms with Gasteiger partial charge in [0.05, 0.1) is 0 Å². The normalized spacial score (nSPS) is 10.2. The Kier molecular flexibility index (Phi) is 4.38. The van der Waals surface area contributed by atoms with Gasteiger partial charge in [0, 0.05) is 37.2 Å². The van der Waals surface area contributed by atoms with E-state index >= 15 is 0 Å². The number of nitrogens with one attached hydrogen (secondary N) is 2. The first-order valence-corrected chi connectivity index (χ1v) is 7.39. The molecule has 0 amide bonds. The Morgan fingerprint density at radius 2 is 1.30 bits per heavy atom. The van der Waals surface area contributed by atoms with E-state index in [2.05, 4.69) is 37.6 Å². The molecule has 5 heteroatoms. The average molecular weight is 305 g/mol. The molecule has 0 radical (unpaired) electrons. The van der Waals surface area contributed by atoms with E-state index in [1.807, 2.05) is 62.6 Å². The highest BCUT2D eigenvalue weighted by Crippen LogP contribution is 2.21. The van der Waals surface area contributed by atoms with E-state index in [-0.39, 0.29) is 0 Å². The summed E-state index contributed by atoms with van der Waals surface area (Å²) in [6, 6.07) is 20.0. The fraction of sp³-hybridized carbons (Fsp3) is 0.111. The van der Waals surface area contributed by atoms with Gasteiger partial charge in [0.25, 0.3) is 0 Å². The summed E-state index contributed by atoms with van der Waals surface area (Å²) in [4.78, 5) is 10.6. The van der Waals surface area contributed by atoms with Gasteiger partial charge < -0.3 is 15.5 Å². The van der Waals surface area contributed by atoms with E-state index in [0.717, 1.165) is 28.7 Å². The minimum absolute atomic E-state index is 0.746. The SMILES string of the molecule is CN(C)c1ccc(Nc2cc(Nc3ccccc3)ncn2)cc1. The summed E-state index contributed by atoms with van der Waals surface area (Å²) in [6.07, 6.45) is 1.54. The van der Waals surface area contributed by atoms with Gasteiger partial charge in [0.2, 0.25) is 0 Å². The van der Waals surface area contributed by atoms with Gasteiger partial charge >= 0.3 is 0 Å². The second-order valence-electron chi connectivity index (χ2n) is 5.35. The lowest BCUT2D eigenvalue weighted by atomic mass is 10.2. The van der Waals surface area contributed by atoms with Crippen LogP contribution < -0.4 is 15.5 Å². The zero-order valence-corrected chi connectivity index (χ0v) is 13.2. The maximum atomic E-state index is 4.26. The topological polar surface area (TPSA) is 53.1 Å². The monoisotopic (exact) mass is 305 g/mol. The molecule has 0 unspecified atom stereocenters. The van der Waals surface area contributed by atoms with Crippen LogP contribution >= 0.6 is 0 Å². The van der Waals surface area contributed by atoms with Crippen LogP contribution in [0.2, 0.25) is 0 Å². The molecule has 0 saturated heterocycles. The van der Waals surface area contributed by atoms with Crippen molar-refractivity contribution in [2.45, 2.75) is 0 Å². The van der Waals surface area contributed by atoms with Crippen LogP contribution in [0.25, 0.3) is 0 Å². The molecule has 1 aromatic heterocycles. The summed E-state index contributed by atoms with van der Waals surface area (Å²) in [5.74, 6) is 1.50. The second-order valence-corrected chi connectivity index (χ2v) is 5.35. The van der Waals surface area contributed by atoms with Crippen LogP contribution in [-0.2, 0) is 0 Å². The van der Waals surface area contributed by atoms with Crippen molar-refractivity contribution in [3.63, 3.8) is 0 Å². The molecule has 2 aromatic carbocycles. The van der Waals surface area contributed by atoms with Gasteiger partial charge in [0.1, 0.15) is 18.0 Å². The molecule has 0 aliphatic carbocycles.